The van der Waals surface area contributed by atoms with Crippen molar-refractivity contribution in [1.82, 2.24) is 0 Å². The van der Waals surface area contributed by atoms with Crippen molar-refractivity contribution in [1.29, 1.82) is 0 Å². The Hall–Kier alpha value is -1.37. The maximum atomic E-state index is 12.2. The molecule has 0 saturated heterocycles. The van der Waals surface area contributed by atoms with Crippen LogP contribution in [0.25, 0.3) is 0 Å². The fraction of sp³-hybridized carbons (Fsp3) is 0.231. The van der Waals surface area contributed by atoms with E-state index in [4.69, 9.17) is 5.73 Å². The summed E-state index contributed by atoms with van der Waals surface area (Å²) in [6.07, 6.45) is 0.867. The quantitative estimate of drug-likeness (QED) is 0.890. The van der Waals surface area contributed by atoms with Crippen molar-refractivity contribution in [2.75, 3.05) is 4.72 Å². The monoisotopic (exact) mass is 296 g/mol. The van der Waals surface area contributed by atoms with E-state index in [1.807, 2.05) is 25.1 Å². The van der Waals surface area contributed by atoms with Gasteiger partial charge in [0.15, 0.2) is 0 Å². The second kappa shape index (κ2) is 5.73. The predicted molar refractivity (Wildman–Crippen MR) is 78.8 cm³/mol. The summed E-state index contributed by atoms with van der Waals surface area (Å²) in [6.45, 7) is 2.38. The number of thiophene rings is 1. The molecule has 0 fully saturated rings. The maximum Gasteiger partial charge on any atom is 0.271 e. The highest BCUT2D eigenvalue weighted by molar-refractivity contribution is 7.94. The van der Waals surface area contributed by atoms with E-state index in [0.717, 1.165) is 16.9 Å². The van der Waals surface area contributed by atoms with Crippen LogP contribution in [-0.4, -0.2) is 8.42 Å². The fourth-order valence-corrected chi connectivity index (χ4v) is 3.96. The molecule has 1 aromatic heterocycles. The summed E-state index contributed by atoms with van der Waals surface area (Å²) in [7, 11) is -3.51. The van der Waals surface area contributed by atoms with Gasteiger partial charge < -0.3 is 5.73 Å². The molecule has 0 aliphatic heterocycles. The Kier molecular flexibility index (Phi) is 4.24. The van der Waals surface area contributed by atoms with E-state index in [2.05, 4.69) is 4.72 Å². The molecule has 1 heterocycles. The number of nitrogens with one attached hydrogen (secondary N) is 1. The van der Waals surface area contributed by atoms with Crippen molar-refractivity contribution in [3.05, 3.63) is 46.8 Å². The summed E-state index contributed by atoms with van der Waals surface area (Å²) in [4.78, 5) is 0.850. The second-order valence-electron chi connectivity index (χ2n) is 4.08. The van der Waals surface area contributed by atoms with E-state index in [1.54, 1.807) is 18.2 Å². The lowest BCUT2D eigenvalue weighted by atomic mass is 10.1. The van der Waals surface area contributed by atoms with E-state index < -0.39 is 10.0 Å². The van der Waals surface area contributed by atoms with E-state index in [9.17, 15) is 8.42 Å². The highest BCUT2D eigenvalue weighted by atomic mass is 32.2. The lowest BCUT2D eigenvalue weighted by molar-refractivity contribution is 0.603. The third-order valence-electron chi connectivity index (χ3n) is 2.69. The number of hydrogen-bond donors (Lipinski definition) is 2. The molecule has 6 heteroatoms. The Morgan fingerprint density at radius 1 is 1.26 bits per heavy atom. The number of anilines is 1. The summed E-state index contributed by atoms with van der Waals surface area (Å²) in [5.41, 5.74) is 7.17. The minimum Gasteiger partial charge on any atom is -0.326 e. The maximum absolute atomic E-state index is 12.2. The molecule has 0 saturated carbocycles. The molecule has 3 N–H and O–H groups in total. The minimum absolute atomic E-state index is 0.287. The molecule has 102 valence electrons. The van der Waals surface area contributed by atoms with Crippen molar-refractivity contribution in [3.63, 3.8) is 0 Å². The van der Waals surface area contributed by atoms with Crippen molar-refractivity contribution in [2.45, 2.75) is 24.1 Å². The zero-order valence-electron chi connectivity index (χ0n) is 10.6. The molecule has 2 aromatic rings. The molecule has 4 nitrogen and oxygen atoms in total. The summed E-state index contributed by atoms with van der Waals surface area (Å²) in [5, 5.41) is 0. The summed E-state index contributed by atoms with van der Waals surface area (Å²) in [5.74, 6) is 0. The number of hydrogen-bond acceptors (Lipinski definition) is 4. The third kappa shape index (κ3) is 3.34. The smallest absolute Gasteiger partial charge is 0.271 e. The first-order valence-corrected chi connectivity index (χ1v) is 8.25. The minimum atomic E-state index is -3.51. The van der Waals surface area contributed by atoms with Gasteiger partial charge in [0.25, 0.3) is 10.0 Å². The van der Waals surface area contributed by atoms with Gasteiger partial charge in [0.05, 0.1) is 0 Å². The van der Waals surface area contributed by atoms with Crippen LogP contribution >= 0.6 is 11.3 Å². The fourth-order valence-electron chi connectivity index (χ4n) is 1.67. The first-order valence-electron chi connectivity index (χ1n) is 5.95. The molecule has 0 spiro atoms. The van der Waals surface area contributed by atoms with E-state index in [0.29, 0.717) is 12.2 Å². The largest absolute Gasteiger partial charge is 0.326 e. The van der Waals surface area contributed by atoms with Crippen LogP contribution in [0.2, 0.25) is 0 Å². The van der Waals surface area contributed by atoms with Crippen molar-refractivity contribution in [2.24, 2.45) is 5.73 Å². The molecule has 0 aliphatic carbocycles. The Morgan fingerprint density at radius 2 is 2.05 bits per heavy atom. The first-order chi connectivity index (χ1) is 9.05. The Morgan fingerprint density at radius 3 is 2.68 bits per heavy atom. The average molecular weight is 296 g/mol. The zero-order chi connectivity index (χ0) is 13.9. The second-order valence-corrected chi connectivity index (χ2v) is 7.16. The molecule has 0 bridgehead atoms. The summed E-state index contributed by atoms with van der Waals surface area (Å²) >= 11 is 1.19. The number of sulfonamides is 1. The van der Waals surface area contributed by atoms with Crippen molar-refractivity contribution < 1.29 is 8.42 Å². The highest BCUT2D eigenvalue weighted by Crippen LogP contribution is 2.24. The molecular weight excluding hydrogens is 280 g/mol. The van der Waals surface area contributed by atoms with Crippen LogP contribution in [0.3, 0.4) is 0 Å². The molecule has 0 radical (unpaired) electrons. The van der Waals surface area contributed by atoms with Crippen molar-refractivity contribution >= 4 is 27.0 Å². The first kappa shape index (κ1) is 14.0. The van der Waals surface area contributed by atoms with Gasteiger partial charge in [0, 0.05) is 17.1 Å². The van der Waals surface area contributed by atoms with E-state index in [1.165, 1.54) is 11.3 Å². The van der Waals surface area contributed by atoms with Gasteiger partial charge in [0.2, 0.25) is 0 Å². The van der Waals surface area contributed by atoms with Gasteiger partial charge in [-0.1, -0.05) is 19.1 Å². The van der Waals surface area contributed by atoms with Crippen LogP contribution in [0.5, 0.6) is 0 Å². The lowest BCUT2D eigenvalue weighted by Crippen LogP contribution is -2.11. The van der Waals surface area contributed by atoms with E-state index >= 15 is 0 Å². The van der Waals surface area contributed by atoms with Crippen molar-refractivity contribution in [3.8, 4) is 0 Å². The molecule has 0 atom stereocenters. The predicted octanol–water partition coefficient (Wildman–Crippen LogP) is 2.57. The normalized spacial score (nSPS) is 11.5. The summed E-state index contributed by atoms with van der Waals surface area (Å²) in [6, 6.07) is 10.7. The Labute approximate surface area is 117 Å². The van der Waals surface area contributed by atoms with Gasteiger partial charge in [-0.3, -0.25) is 4.72 Å². The van der Waals surface area contributed by atoms with Gasteiger partial charge in [-0.05, 0) is 36.2 Å². The van der Waals surface area contributed by atoms with Gasteiger partial charge in [0.1, 0.15) is 4.21 Å². The molecule has 0 aliphatic rings. The molecule has 1 aromatic carbocycles. The lowest BCUT2D eigenvalue weighted by Gasteiger charge is -2.07. The highest BCUT2D eigenvalue weighted by Gasteiger charge is 2.16. The Bertz CT molecular complexity index is 663. The van der Waals surface area contributed by atoms with Gasteiger partial charge in [-0.25, -0.2) is 8.42 Å². The number of benzene rings is 1. The Balaban J connectivity index is 2.25. The summed E-state index contributed by atoms with van der Waals surface area (Å²) < 4.78 is 27.3. The standard InChI is InChI=1S/C13H16N2O2S2/c1-2-10-4-3-5-11(8-10)15-19(16,17)13-7-6-12(9-14)18-13/h3-8,15H,2,9,14H2,1H3. The van der Waals surface area contributed by atoms with E-state index in [-0.39, 0.29) is 4.21 Å². The third-order valence-corrected chi connectivity index (χ3v) is 5.67. The molecule has 0 unspecified atom stereocenters. The molecule has 0 amide bonds. The van der Waals surface area contributed by atoms with Crippen LogP contribution in [0.4, 0.5) is 5.69 Å². The number of rotatable bonds is 5. The SMILES string of the molecule is CCc1cccc(NS(=O)(=O)c2ccc(CN)s2)c1. The zero-order valence-corrected chi connectivity index (χ0v) is 12.2. The van der Waals surface area contributed by atoms with Gasteiger partial charge in [-0.15, -0.1) is 11.3 Å². The van der Waals surface area contributed by atoms with Crippen LogP contribution in [0, 0.1) is 0 Å². The van der Waals surface area contributed by atoms with Crippen LogP contribution in [0.15, 0.2) is 40.6 Å². The average Bonchev–Trinajstić information content (AvgIpc) is 2.88. The number of aryl methyl sites for hydroxylation is 1. The topological polar surface area (TPSA) is 72.2 Å². The van der Waals surface area contributed by atoms with Gasteiger partial charge >= 0.3 is 0 Å². The van der Waals surface area contributed by atoms with Crippen LogP contribution in [0.1, 0.15) is 17.4 Å². The molecule has 2 rings (SSSR count). The van der Waals surface area contributed by atoms with Crippen LogP contribution < -0.4 is 10.5 Å². The molecule has 19 heavy (non-hydrogen) atoms. The number of nitrogens with two attached hydrogens (primary N) is 1. The molecular formula is C13H16N2O2S2. The van der Waals surface area contributed by atoms with Crippen LogP contribution in [-0.2, 0) is 23.0 Å². The van der Waals surface area contributed by atoms with Gasteiger partial charge in [-0.2, -0.15) is 0 Å².